The van der Waals surface area contributed by atoms with E-state index in [1.54, 1.807) is 20.3 Å². The highest BCUT2D eigenvalue weighted by atomic mass is 32.2. The Kier molecular flexibility index (Phi) is 7.20. The quantitative estimate of drug-likeness (QED) is 0.512. The zero-order valence-corrected chi connectivity index (χ0v) is 20.9. The van der Waals surface area contributed by atoms with Crippen molar-refractivity contribution in [2.24, 2.45) is 5.92 Å². The fourth-order valence-electron chi connectivity index (χ4n) is 3.79. The van der Waals surface area contributed by atoms with E-state index in [1.165, 1.54) is 39.9 Å². The van der Waals surface area contributed by atoms with Crippen molar-refractivity contribution < 1.29 is 22.7 Å². The summed E-state index contributed by atoms with van der Waals surface area (Å²) in [6, 6.07) is 11.4. The molecule has 0 aliphatic carbocycles. The molecule has 180 valence electrons. The highest BCUT2D eigenvalue weighted by Gasteiger charge is 2.28. The number of benzene rings is 2. The molecular weight excluding hydrogens is 474 g/mol. The van der Waals surface area contributed by atoms with Gasteiger partial charge >= 0.3 is 0 Å². The standard InChI is InChI=1S/C24H27N3O5S2/c1-16-10-12-27(13-11-16)34(29,30)19-7-4-17(5-8-19)23(28)26-24-25-21(15-33-24)20-9-6-18(31-2)14-22(20)32-3/h4-9,14-16H,10-13H2,1-3H3,(H,25,26,28). The molecule has 0 saturated carbocycles. The van der Waals surface area contributed by atoms with Gasteiger partial charge in [-0.1, -0.05) is 6.92 Å². The first-order valence-electron chi connectivity index (χ1n) is 10.9. The molecule has 0 atom stereocenters. The molecule has 1 aliphatic rings. The van der Waals surface area contributed by atoms with Crippen LogP contribution in [0.25, 0.3) is 11.3 Å². The van der Waals surface area contributed by atoms with Crippen molar-refractivity contribution in [2.45, 2.75) is 24.7 Å². The van der Waals surface area contributed by atoms with Crippen LogP contribution in [-0.4, -0.2) is 50.9 Å². The number of nitrogens with zero attached hydrogens (tertiary/aromatic N) is 2. The number of amides is 1. The van der Waals surface area contributed by atoms with E-state index in [2.05, 4.69) is 17.2 Å². The van der Waals surface area contributed by atoms with Crippen LogP contribution < -0.4 is 14.8 Å². The fourth-order valence-corrected chi connectivity index (χ4v) is 5.96. The highest BCUT2D eigenvalue weighted by Crippen LogP contribution is 2.35. The number of hydrogen-bond donors (Lipinski definition) is 1. The van der Waals surface area contributed by atoms with E-state index in [0.717, 1.165) is 18.4 Å². The van der Waals surface area contributed by atoms with Crippen molar-refractivity contribution in [1.29, 1.82) is 0 Å². The molecule has 10 heteroatoms. The van der Waals surface area contributed by atoms with Gasteiger partial charge < -0.3 is 9.47 Å². The lowest BCUT2D eigenvalue weighted by Crippen LogP contribution is -2.37. The van der Waals surface area contributed by atoms with Crippen molar-refractivity contribution in [1.82, 2.24) is 9.29 Å². The third-order valence-corrected chi connectivity index (χ3v) is 8.58. The van der Waals surface area contributed by atoms with Crippen LogP contribution in [0.1, 0.15) is 30.1 Å². The van der Waals surface area contributed by atoms with E-state index < -0.39 is 10.0 Å². The highest BCUT2D eigenvalue weighted by molar-refractivity contribution is 7.89. The summed E-state index contributed by atoms with van der Waals surface area (Å²) < 4.78 is 38.0. The summed E-state index contributed by atoms with van der Waals surface area (Å²) in [5.74, 6) is 1.46. The summed E-state index contributed by atoms with van der Waals surface area (Å²) in [4.78, 5) is 17.4. The number of carbonyl (C=O) groups excluding carboxylic acids is 1. The molecule has 8 nitrogen and oxygen atoms in total. The normalized spacial score (nSPS) is 15.1. The van der Waals surface area contributed by atoms with E-state index in [-0.39, 0.29) is 10.8 Å². The van der Waals surface area contributed by atoms with Gasteiger partial charge in [0.2, 0.25) is 10.0 Å². The minimum Gasteiger partial charge on any atom is -0.497 e. The van der Waals surface area contributed by atoms with Gasteiger partial charge in [0.1, 0.15) is 11.5 Å². The number of nitrogens with one attached hydrogen (secondary N) is 1. The van der Waals surface area contributed by atoms with Crippen LogP contribution in [0.5, 0.6) is 11.5 Å². The molecule has 0 spiro atoms. The molecule has 1 aliphatic heterocycles. The van der Waals surface area contributed by atoms with Gasteiger partial charge in [0, 0.05) is 35.7 Å². The van der Waals surface area contributed by atoms with E-state index in [0.29, 0.717) is 46.9 Å². The molecule has 4 rings (SSSR count). The fraction of sp³-hybridized carbons (Fsp3) is 0.333. The van der Waals surface area contributed by atoms with Crippen LogP contribution >= 0.6 is 11.3 Å². The maximum absolute atomic E-state index is 12.9. The summed E-state index contributed by atoms with van der Waals surface area (Å²) in [5.41, 5.74) is 1.80. The van der Waals surface area contributed by atoms with Gasteiger partial charge in [-0.15, -0.1) is 11.3 Å². The van der Waals surface area contributed by atoms with Crippen molar-refractivity contribution >= 4 is 32.4 Å². The number of sulfonamides is 1. The maximum atomic E-state index is 12.9. The Balaban J connectivity index is 1.45. The van der Waals surface area contributed by atoms with Crippen LogP contribution in [0.15, 0.2) is 52.7 Å². The zero-order chi connectivity index (χ0) is 24.3. The second-order valence-electron chi connectivity index (χ2n) is 8.17. The first-order chi connectivity index (χ1) is 16.3. The van der Waals surface area contributed by atoms with Crippen molar-refractivity contribution in [3.8, 4) is 22.8 Å². The lowest BCUT2D eigenvalue weighted by Gasteiger charge is -2.29. The third kappa shape index (κ3) is 5.08. The molecule has 2 aromatic carbocycles. The van der Waals surface area contributed by atoms with Gasteiger partial charge in [0.15, 0.2) is 5.13 Å². The molecule has 1 saturated heterocycles. The molecule has 0 unspecified atom stereocenters. The van der Waals surface area contributed by atoms with Crippen molar-refractivity contribution in [2.75, 3.05) is 32.6 Å². The average Bonchev–Trinajstić information content (AvgIpc) is 3.32. The second-order valence-corrected chi connectivity index (χ2v) is 11.0. The number of carbonyl (C=O) groups is 1. The van der Waals surface area contributed by atoms with Gasteiger partial charge in [-0.25, -0.2) is 13.4 Å². The average molecular weight is 502 g/mol. The minimum absolute atomic E-state index is 0.196. The Labute approximate surface area is 203 Å². The Hall–Kier alpha value is -2.95. The van der Waals surface area contributed by atoms with Gasteiger partial charge in [-0.3, -0.25) is 10.1 Å². The molecule has 1 amide bonds. The van der Waals surface area contributed by atoms with Gasteiger partial charge in [0.05, 0.1) is 24.8 Å². The number of thiazole rings is 1. The van der Waals surface area contributed by atoms with Gasteiger partial charge in [0.25, 0.3) is 5.91 Å². The number of aromatic nitrogens is 1. The molecule has 1 N–H and O–H groups in total. The Morgan fingerprint density at radius 1 is 1.09 bits per heavy atom. The SMILES string of the molecule is COc1ccc(-c2csc(NC(=O)c3ccc(S(=O)(=O)N4CCC(C)CC4)cc3)n2)c(OC)c1. The zero-order valence-electron chi connectivity index (χ0n) is 19.3. The first-order valence-corrected chi connectivity index (χ1v) is 13.2. The van der Waals surface area contributed by atoms with Crippen LogP contribution in [0, 0.1) is 5.92 Å². The summed E-state index contributed by atoms with van der Waals surface area (Å²) in [6.07, 6.45) is 1.72. The lowest BCUT2D eigenvalue weighted by molar-refractivity contribution is 0.102. The summed E-state index contributed by atoms with van der Waals surface area (Å²) in [5, 5.41) is 5.03. The molecule has 0 radical (unpaired) electrons. The van der Waals surface area contributed by atoms with Gasteiger partial charge in [-0.2, -0.15) is 4.31 Å². The smallest absolute Gasteiger partial charge is 0.257 e. The molecular formula is C24H27N3O5S2. The summed E-state index contributed by atoms with van der Waals surface area (Å²) >= 11 is 1.29. The van der Waals surface area contributed by atoms with E-state index >= 15 is 0 Å². The topological polar surface area (TPSA) is 97.8 Å². The van der Waals surface area contributed by atoms with Crippen molar-refractivity contribution in [3.63, 3.8) is 0 Å². The second kappa shape index (κ2) is 10.1. The van der Waals surface area contributed by atoms with Crippen molar-refractivity contribution in [3.05, 3.63) is 53.4 Å². The van der Waals surface area contributed by atoms with Crippen LogP contribution in [0.4, 0.5) is 5.13 Å². The first kappa shape index (κ1) is 24.2. The van der Waals surface area contributed by atoms with E-state index in [1.807, 2.05) is 17.5 Å². The number of piperidine rings is 1. The monoisotopic (exact) mass is 501 g/mol. The third-order valence-electron chi connectivity index (χ3n) is 5.91. The predicted molar refractivity (Wildman–Crippen MR) is 132 cm³/mol. The minimum atomic E-state index is -3.56. The number of methoxy groups -OCH3 is 2. The molecule has 34 heavy (non-hydrogen) atoms. The number of rotatable bonds is 7. The Morgan fingerprint density at radius 3 is 2.44 bits per heavy atom. The Morgan fingerprint density at radius 2 is 1.79 bits per heavy atom. The number of anilines is 1. The lowest BCUT2D eigenvalue weighted by atomic mass is 10.0. The van der Waals surface area contributed by atoms with E-state index in [9.17, 15) is 13.2 Å². The number of ether oxygens (including phenoxy) is 2. The van der Waals surface area contributed by atoms with E-state index in [4.69, 9.17) is 9.47 Å². The summed E-state index contributed by atoms with van der Waals surface area (Å²) in [7, 11) is -0.399. The molecule has 1 aromatic heterocycles. The molecule has 2 heterocycles. The van der Waals surface area contributed by atoms with Gasteiger partial charge in [-0.05, 0) is 55.2 Å². The Bertz CT molecular complexity index is 1260. The molecule has 1 fully saturated rings. The maximum Gasteiger partial charge on any atom is 0.257 e. The predicted octanol–water partition coefficient (Wildman–Crippen LogP) is 4.50. The molecule has 3 aromatic rings. The van der Waals surface area contributed by atoms with Crippen LogP contribution in [-0.2, 0) is 10.0 Å². The largest absolute Gasteiger partial charge is 0.497 e. The van der Waals surface area contributed by atoms with Crippen LogP contribution in [0.2, 0.25) is 0 Å². The summed E-state index contributed by atoms with van der Waals surface area (Å²) in [6.45, 7) is 3.18. The molecule has 0 bridgehead atoms. The number of hydrogen-bond acceptors (Lipinski definition) is 7. The van der Waals surface area contributed by atoms with Crippen LogP contribution in [0.3, 0.4) is 0 Å².